The quantitative estimate of drug-likeness (QED) is 0.689. The lowest BCUT2D eigenvalue weighted by atomic mass is 9.94. The maximum absolute atomic E-state index is 14.1. The van der Waals surface area contributed by atoms with Crippen LogP contribution in [0.15, 0.2) is 54.6 Å². The Balaban J connectivity index is 1.29. The smallest absolute Gasteiger partial charge is 0.226 e. The van der Waals surface area contributed by atoms with Crippen LogP contribution in [0.3, 0.4) is 0 Å². The summed E-state index contributed by atoms with van der Waals surface area (Å²) in [5.74, 6) is -0.0439. The second kappa shape index (κ2) is 9.41. The lowest BCUT2D eigenvalue weighted by Crippen LogP contribution is -2.45. The molecule has 0 N–H and O–H groups in total. The molecule has 158 valence electrons. The van der Waals surface area contributed by atoms with Crippen molar-refractivity contribution >= 4 is 11.8 Å². The van der Waals surface area contributed by atoms with Crippen LogP contribution in [0.5, 0.6) is 0 Å². The van der Waals surface area contributed by atoms with E-state index in [1.54, 1.807) is 12.1 Å². The van der Waals surface area contributed by atoms with Crippen LogP contribution in [-0.2, 0) is 22.6 Å². The van der Waals surface area contributed by atoms with Crippen molar-refractivity contribution in [1.29, 1.82) is 0 Å². The Morgan fingerprint density at radius 3 is 2.27 bits per heavy atom. The zero-order valence-corrected chi connectivity index (χ0v) is 17.3. The lowest BCUT2D eigenvalue weighted by Gasteiger charge is -2.34. The maximum Gasteiger partial charge on any atom is 0.226 e. The van der Waals surface area contributed by atoms with E-state index in [4.69, 9.17) is 0 Å². The van der Waals surface area contributed by atoms with E-state index in [2.05, 4.69) is 0 Å². The summed E-state index contributed by atoms with van der Waals surface area (Å²) in [6, 6.07) is 17.0. The number of piperidine rings is 1. The van der Waals surface area contributed by atoms with Gasteiger partial charge in [-0.25, -0.2) is 4.39 Å². The fourth-order valence-electron chi connectivity index (χ4n) is 4.25. The molecule has 4 nitrogen and oxygen atoms in total. The van der Waals surface area contributed by atoms with Crippen molar-refractivity contribution in [3.8, 4) is 0 Å². The first-order valence-electron chi connectivity index (χ1n) is 11.0. The molecule has 1 aliphatic carbocycles. The van der Waals surface area contributed by atoms with E-state index in [-0.39, 0.29) is 29.6 Å². The highest BCUT2D eigenvalue weighted by atomic mass is 19.1. The van der Waals surface area contributed by atoms with Gasteiger partial charge in [-0.15, -0.1) is 0 Å². The molecule has 0 spiro atoms. The van der Waals surface area contributed by atoms with Gasteiger partial charge in [0.2, 0.25) is 11.8 Å². The van der Waals surface area contributed by atoms with Crippen LogP contribution in [0.2, 0.25) is 0 Å². The van der Waals surface area contributed by atoms with Gasteiger partial charge < -0.3 is 9.80 Å². The molecule has 0 atom stereocenters. The molecule has 0 bridgehead atoms. The van der Waals surface area contributed by atoms with Crippen molar-refractivity contribution in [2.45, 2.75) is 51.1 Å². The minimum atomic E-state index is -0.255. The standard InChI is InChI=1S/C25H29FN2O2/c26-23-9-5-4-8-21(23)18-28(22-11-12-22)25(30)20-14-16-27(17-15-20)24(29)13-10-19-6-2-1-3-7-19/h1-9,20,22H,10-18H2. The fourth-order valence-corrected chi connectivity index (χ4v) is 4.25. The molecular weight excluding hydrogens is 379 g/mol. The molecule has 2 aliphatic rings. The average Bonchev–Trinajstić information content (AvgIpc) is 3.62. The molecular formula is C25H29FN2O2. The van der Waals surface area contributed by atoms with E-state index in [0.717, 1.165) is 19.3 Å². The van der Waals surface area contributed by atoms with Crippen molar-refractivity contribution in [2.75, 3.05) is 13.1 Å². The highest BCUT2D eigenvalue weighted by molar-refractivity contribution is 5.81. The number of likely N-dealkylation sites (tertiary alicyclic amines) is 1. The Kier molecular flexibility index (Phi) is 6.46. The molecule has 1 aliphatic heterocycles. The molecule has 4 rings (SSSR count). The first-order chi connectivity index (χ1) is 14.6. The summed E-state index contributed by atoms with van der Waals surface area (Å²) >= 11 is 0. The number of hydrogen-bond acceptors (Lipinski definition) is 2. The van der Waals surface area contributed by atoms with Gasteiger partial charge in [0.1, 0.15) is 5.82 Å². The summed E-state index contributed by atoms with van der Waals surface area (Å²) in [5, 5.41) is 0. The molecule has 1 saturated carbocycles. The van der Waals surface area contributed by atoms with Gasteiger partial charge in [0.15, 0.2) is 0 Å². The van der Waals surface area contributed by atoms with Crippen molar-refractivity contribution in [3.05, 3.63) is 71.5 Å². The van der Waals surface area contributed by atoms with Crippen LogP contribution < -0.4 is 0 Å². The topological polar surface area (TPSA) is 40.6 Å². The second-order valence-corrected chi connectivity index (χ2v) is 8.43. The van der Waals surface area contributed by atoms with E-state index < -0.39 is 0 Å². The summed E-state index contributed by atoms with van der Waals surface area (Å²) in [4.78, 5) is 29.5. The van der Waals surface area contributed by atoms with Gasteiger partial charge in [0, 0.05) is 43.6 Å². The zero-order valence-electron chi connectivity index (χ0n) is 17.3. The molecule has 2 amide bonds. The van der Waals surface area contributed by atoms with Gasteiger partial charge in [-0.2, -0.15) is 0 Å². The Morgan fingerprint density at radius 1 is 0.933 bits per heavy atom. The van der Waals surface area contributed by atoms with Crippen LogP contribution in [-0.4, -0.2) is 40.7 Å². The van der Waals surface area contributed by atoms with Crippen LogP contribution in [0.25, 0.3) is 0 Å². The van der Waals surface area contributed by atoms with E-state index in [0.29, 0.717) is 44.5 Å². The average molecular weight is 409 g/mol. The molecule has 5 heteroatoms. The molecule has 0 aromatic heterocycles. The monoisotopic (exact) mass is 408 g/mol. The third kappa shape index (κ3) is 5.07. The van der Waals surface area contributed by atoms with E-state index >= 15 is 0 Å². The van der Waals surface area contributed by atoms with Crippen LogP contribution in [0, 0.1) is 11.7 Å². The Bertz CT molecular complexity index is 874. The van der Waals surface area contributed by atoms with Gasteiger partial charge in [0.25, 0.3) is 0 Å². The predicted molar refractivity (Wildman–Crippen MR) is 114 cm³/mol. The largest absolute Gasteiger partial charge is 0.343 e. The number of halogens is 1. The number of nitrogens with zero attached hydrogens (tertiary/aromatic N) is 2. The molecule has 1 heterocycles. The molecule has 30 heavy (non-hydrogen) atoms. The van der Waals surface area contributed by atoms with Gasteiger partial charge in [-0.1, -0.05) is 48.5 Å². The molecule has 0 unspecified atom stereocenters. The minimum absolute atomic E-state index is 0.0736. The highest BCUT2D eigenvalue weighted by Crippen LogP contribution is 2.32. The highest BCUT2D eigenvalue weighted by Gasteiger charge is 2.37. The van der Waals surface area contributed by atoms with Crippen LogP contribution >= 0.6 is 0 Å². The summed E-state index contributed by atoms with van der Waals surface area (Å²) in [6.07, 6.45) is 4.63. The molecule has 2 fully saturated rings. The Morgan fingerprint density at radius 2 is 1.60 bits per heavy atom. The van der Waals surface area contributed by atoms with Crippen molar-refractivity contribution < 1.29 is 14.0 Å². The van der Waals surface area contributed by atoms with Crippen molar-refractivity contribution in [3.63, 3.8) is 0 Å². The first kappa shape index (κ1) is 20.6. The normalized spacial score (nSPS) is 17.0. The number of carbonyl (C=O) groups excluding carboxylic acids is 2. The number of amides is 2. The van der Waals surface area contributed by atoms with Gasteiger partial charge in [-0.3, -0.25) is 9.59 Å². The number of aryl methyl sites for hydroxylation is 1. The molecule has 0 radical (unpaired) electrons. The maximum atomic E-state index is 14.1. The molecule has 2 aromatic rings. The van der Waals surface area contributed by atoms with Crippen molar-refractivity contribution in [1.82, 2.24) is 9.80 Å². The van der Waals surface area contributed by atoms with E-state index in [1.807, 2.05) is 46.2 Å². The SMILES string of the molecule is O=C(CCc1ccccc1)N1CCC(C(=O)N(Cc2ccccc2F)C2CC2)CC1. The first-order valence-corrected chi connectivity index (χ1v) is 11.0. The van der Waals surface area contributed by atoms with Crippen LogP contribution in [0.1, 0.15) is 43.2 Å². The lowest BCUT2D eigenvalue weighted by molar-refractivity contribution is -0.141. The Labute approximate surface area is 177 Å². The Hall–Kier alpha value is -2.69. The number of hydrogen-bond donors (Lipinski definition) is 0. The summed E-state index contributed by atoms with van der Waals surface area (Å²) in [7, 11) is 0. The van der Waals surface area contributed by atoms with Gasteiger partial charge in [-0.05, 0) is 43.7 Å². The second-order valence-electron chi connectivity index (χ2n) is 8.43. The zero-order chi connectivity index (χ0) is 20.9. The van der Waals surface area contributed by atoms with Crippen LogP contribution in [0.4, 0.5) is 4.39 Å². The third-order valence-electron chi connectivity index (χ3n) is 6.24. The van der Waals surface area contributed by atoms with E-state index in [1.165, 1.54) is 11.6 Å². The summed E-state index contributed by atoms with van der Waals surface area (Å²) in [5.41, 5.74) is 1.75. The molecule has 2 aromatic carbocycles. The van der Waals surface area contributed by atoms with E-state index in [9.17, 15) is 14.0 Å². The summed E-state index contributed by atoms with van der Waals surface area (Å²) in [6.45, 7) is 1.59. The van der Waals surface area contributed by atoms with Crippen molar-refractivity contribution in [2.24, 2.45) is 5.92 Å². The predicted octanol–water partition coefficient (Wildman–Crippen LogP) is 4.19. The number of carbonyl (C=O) groups is 2. The fraction of sp³-hybridized carbons (Fsp3) is 0.440. The molecule has 1 saturated heterocycles. The van der Waals surface area contributed by atoms with Gasteiger partial charge >= 0.3 is 0 Å². The number of benzene rings is 2. The number of rotatable bonds is 7. The third-order valence-corrected chi connectivity index (χ3v) is 6.24. The summed E-state index contributed by atoms with van der Waals surface area (Å²) < 4.78 is 14.1. The van der Waals surface area contributed by atoms with Gasteiger partial charge in [0.05, 0.1) is 0 Å². The minimum Gasteiger partial charge on any atom is -0.343 e.